The van der Waals surface area contributed by atoms with Crippen molar-refractivity contribution in [1.29, 1.82) is 0 Å². The number of carbonyl (C=O) groups is 2. The molecule has 1 N–H and O–H groups in total. The van der Waals surface area contributed by atoms with Gasteiger partial charge in [0.2, 0.25) is 5.91 Å². The first-order valence-electron chi connectivity index (χ1n) is 6.72. The highest BCUT2D eigenvalue weighted by atomic mass is 16.4. The highest BCUT2D eigenvalue weighted by molar-refractivity contribution is 5.84. The predicted octanol–water partition coefficient (Wildman–Crippen LogP) is 0.794. The Balaban J connectivity index is 2.07. The van der Waals surface area contributed by atoms with E-state index in [9.17, 15) is 14.7 Å². The molecule has 0 bridgehead atoms. The number of likely N-dealkylation sites (N-methyl/N-ethyl adjacent to an activating group) is 1. The summed E-state index contributed by atoms with van der Waals surface area (Å²) in [6.45, 7) is 4.06. The molecule has 5 heteroatoms. The molecule has 2 rings (SSSR count). The van der Waals surface area contributed by atoms with Crippen LogP contribution < -0.4 is 0 Å². The SMILES string of the molecule is CCCC1(C(=O)O)CCN(C2CCN(C)C2=O)C1. The van der Waals surface area contributed by atoms with E-state index in [1.165, 1.54) is 0 Å². The van der Waals surface area contributed by atoms with Crippen molar-refractivity contribution in [3.05, 3.63) is 0 Å². The van der Waals surface area contributed by atoms with Crippen LogP contribution in [-0.4, -0.2) is 59.5 Å². The molecule has 0 radical (unpaired) electrons. The van der Waals surface area contributed by atoms with Gasteiger partial charge in [-0.25, -0.2) is 0 Å². The maximum absolute atomic E-state index is 12.0. The highest BCUT2D eigenvalue weighted by Crippen LogP contribution is 2.37. The largest absolute Gasteiger partial charge is 0.481 e. The highest BCUT2D eigenvalue weighted by Gasteiger charge is 2.48. The van der Waals surface area contributed by atoms with Gasteiger partial charge in [0, 0.05) is 26.7 Å². The minimum atomic E-state index is -0.703. The molecule has 2 saturated heterocycles. The van der Waals surface area contributed by atoms with E-state index in [0.29, 0.717) is 19.4 Å². The molecular weight excluding hydrogens is 232 g/mol. The van der Waals surface area contributed by atoms with Crippen molar-refractivity contribution in [2.75, 3.05) is 26.7 Å². The molecule has 0 aromatic carbocycles. The Morgan fingerprint density at radius 1 is 1.50 bits per heavy atom. The van der Waals surface area contributed by atoms with Crippen LogP contribution in [0.5, 0.6) is 0 Å². The molecule has 1 amide bonds. The lowest BCUT2D eigenvalue weighted by Crippen LogP contribution is -2.42. The van der Waals surface area contributed by atoms with Gasteiger partial charge in [-0.15, -0.1) is 0 Å². The maximum atomic E-state index is 12.0. The zero-order chi connectivity index (χ0) is 13.3. The van der Waals surface area contributed by atoms with Crippen molar-refractivity contribution in [3.8, 4) is 0 Å². The number of hydrogen-bond acceptors (Lipinski definition) is 3. The van der Waals surface area contributed by atoms with Crippen LogP contribution in [0.25, 0.3) is 0 Å². The third-order valence-electron chi connectivity index (χ3n) is 4.41. The predicted molar refractivity (Wildman–Crippen MR) is 67.2 cm³/mol. The van der Waals surface area contributed by atoms with E-state index >= 15 is 0 Å². The van der Waals surface area contributed by atoms with E-state index in [-0.39, 0.29) is 11.9 Å². The van der Waals surface area contributed by atoms with Gasteiger partial charge in [-0.05, 0) is 19.3 Å². The van der Waals surface area contributed by atoms with Crippen LogP contribution >= 0.6 is 0 Å². The molecular formula is C13H22N2O3. The number of aliphatic carboxylic acids is 1. The first kappa shape index (κ1) is 13.3. The second kappa shape index (κ2) is 4.88. The zero-order valence-corrected chi connectivity index (χ0v) is 11.2. The van der Waals surface area contributed by atoms with Crippen molar-refractivity contribution >= 4 is 11.9 Å². The lowest BCUT2D eigenvalue weighted by Gasteiger charge is -2.26. The molecule has 0 saturated carbocycles. The summed E-state index contributed by atoms with van der Waals surface area (Å²) in [5.74, 6) is -0.557. The number of likely N-dealkylation sites (tertiary alicyclic amines) is 2. The summed E-state index contributed by atoms with van der Waals surface area (Å²) < 4.78 is 0. The minimum Gasteiger partial charge on any atom is -0.481 e. The Morgan fingerprint density at radius 3 is 2.72 bits per heavy atom. The van der Waals surface area contributed by atoms with Crippen LogP contribution in [0.4, 0.5) is 0 Å². The molecule has 0 aromatic heterocycles. The number of carbonyl (C=O) groups excluding carboxylic acids is 1. The number of carboxylic acids is 1. The van der Waals surface area contributed by atoms with Crippen LogP contribution in [0, 0.1) is 5.41 Å². The molecule has 0 spiro atoms. The zero-order valence-electron chi connectivity index (χ0n) is 11.2. The summed E-state index contributed by atoms with van der Waals surface area (Å²) in [7, 11) is 1.81. The van der Waals surface area contributed by atoms with Crippen molar-refractivity contribution in [2.45, 2.75) is 38.6 Å². The van der Waals surface area contributed by atoms with Crippen molar-refractivity contribution in [1.82, 2.24) is 9.80 Å². The molecule has 2 unspecified atom stereocenters. The van der Waals surface area contributed by atoms with Crippen LogP contribution in [-0.2, 0) is 9.59 Å². The van der Waals surface area contributed by atoms with Crippen molar-refractivity contribution in [2.24, 2.45) is 5.41 Å². The fourth-order valence-electron chi connectivity index (χ4n) is 3.28. The third-order valence-corrected chi connectivity index (χ3v) is 4.41. The number of carboxylic acid groups (broad SMARTS) is 1. The fourth-order valence-corrected chi connectivity index (χ4v) is 3.28. The first-order chi connectivity index (χ1) is 8.50. The summed E-state index contributed by atoms with van der Waals surface area (Å²) in [6.07, 6.45) is 3.08. The van der Waals surface area contributed by atoms with Gasteiger partial charge in [0.05, 0.1) is 11.5 Å². The molecule has 2 aliphatic rings. The maximum Gasteiger partial charge on any atom is 0.310 e. The van der Waals surface area contributed by atoms with Gasteiger partial charge in [0.1, 0.15) is 0 Å². The summed E-state index contributed by atoms with van der Waals surface area (Å²) in [4.78, 5) is 27.3. The van der Waals surface area contributed by atoms with Crippen LogP contribution in [0.3, 0.4) is 0 Å². The molecule has 2 aliphatic heterocycles. The van der Waals surface area contributed by atoms with E-state index < -0.39 is 11.4 Å². The van der Waals surface area contributed by atoms with Gasteiger partial charge in [-0.2, -0.15) is 0 Å². The van der Waals surface area contributed by atoms with E-state index in [4.69, 9.17) is 0 Å². The minimum absolute atomic E-state index is 0.0897. The Labute approximate surface area is 108 Å². The average molecular weight is 254 g/mol. The van der Waals surface area contributed by atoms with Gasteiger partial charge < -0.3 is 10.0 Å². The quantitative estimate of drug-likeness (QED) is 0.806. The van der Waals surface area contributed by atoms with Gasteiger partial charge >= 0.3 is 5.97 Å². The number of amides is 1. The van der Waals surface area contributed by atoms with E-state index in [0.717, 1.165) is 25.9 Å². The third kappa shape index (κ3) is 2.11. The molecule has 5 nitrogen and oxygen atoms in total. The Hall–Kier alpha value is -1.10. The van der Waals surface area contributed by atoms with E-state index in [1.807, 2.05) is 14.0 Å². The van der Waals surface area contributed by atoms with E-state index in [1.54, 1.807) is 4.90 Å². The first-order valence-corrected chi connectivity index (χ1v) is 6.72. The van der Waals surface area contributed by atoms with Gasteiger partial charge in [-0.3, -0.25) is 14.5 Å². The molecule has 18 heavy (non-hydrogen) atoms. The standard InChI is InChI=1S/C13H22N2O3/c1-3-5-13(12(17)18)6-8-15(9-13)10-4-7-14(2)11(10)16/h10H,3-9H2,1-2H3,(H,17,18). The summed E-state index contributed by atoms with van der Waals surface area (Å²) in [5, 5.41) is 9.45. The average Bonchev–Trinajstić information content (AvgIpc) is 2.87. The van der Waals surface area contributed by atoms with Crippen molar-refractivity contribution in [3.63, 3.8) is 0 Å². The smallest absolute Gasteiger partial charge is 0.310 e. The Kier molecular flexibility index (Phi) is 3.61. The second-order valence-corrected chi connectivity index (χ2v) is 5.62. The van der Waals surface area contributed by atoms with Gasteiger partial charge in [-0.1, -0.05) is 13.3 Å². The fraction of sp³-hybridized carbons (Fsp3) is 0.846. The number of hydrogen-bond donors (Lipinski definition) is 1. The van der Waals surface area contributed by atoms with Gasteiger partial charge in [0.15, 0.2) is 0 Å². The molecule has 2 heterocycles. The Morgan fingerprint density at radius 2 is 2.22 bits per heavy atom. The molecule has 0 aliphatic carbocycles. The van der Waals surface area contributed by atoms with Crippen LogP contribution in [0.2, 0.25) is 0 Å². The summed E-state index contributed by atoms with van der Waals surface area (Å²) >= 11 is 0. The van der Waals surface area contributed by atoms with Crippen LogP contribution in [0.15, 0.2) is 0 Å². The normalized spacial score (nSPS) is 33.3. The van der Waals surface area contributed by atoms with Gasteiger partial charge in [0.25, 0.3) is 0 Å². The van der Waals surface area contributed by atoms with Crippen molar-refractivity contribution < 1.29 is 14.7 Å². The van der Waals surface area contributed by atoms with Crippen LogP contribution in [0.1, 0.15) is 32.6 Å². The molecule has 0 aromatic rings. The number of rotatable bonds is 4. The monoisotopic (exact) mass is 254 g/mol. The summed E-state index contributed by atoms with van der Waals surface area (Å²) in [6, 6.07) is -0.0897. The summed E-state index contributed by atoms with van der Waals surface area (Å²) in [5.41, 5.74) is -0.629. The lowest BCUT2D eigenvalue weighted by atomic mass is 9.83. The molecule has 102 valence electrons. The lowest BCUT2D eigenvalue weighted by molar-refractivity contribution is -0.149. The topological polar surface area (TPSA) is 60.9 Å². The Bertz CT molecular complexity index is 358. The molecule has 2 fully saturated rings. The number of nitrogens with zero attached hydrogens (tertiary/aromatic N) is 2. The molecule has 2 atom stereocenters. The van der Waals surface area contributed by atoms with E-state index in [2.05, 4.69) is 4.90 Å². The second-order valence-electron chi connectivity index (χ2n) is 5.62.